The van der Waals surface area contributed by atoms with E-state index in [1.807, 2.05) is 0 Å². The highest BCUT2D eigenvalue weighted by molar-refractivity contribution is 7.94. The van der Waals surface area contributed by atoms with Crippen LogP contribution >= 0.6 is 12.0 Å². The Kier molecular flexibility index (Phi) is 7.69. The second-order valence-electron chi connectivity index (χ2n) is 3.70. The van der Waals surface area contributed by atoms with Gasteiger partial charge in [0.2, 0.25) is 0 Å². The van der Waals surface area contributed by atoms with E-state index in [2.05, 4.69) is 35.9 Å². The number of hydrogen-bond donors (Lipinski definition) is 1. The number of rotatable bonds is 8. The molecule has 4 nitrogen and oxygen atoms in total. The molecule has 0 aliphatic heterocycles. The average Bonchev–Trinajstić information content (AvgIpc) is 2.01. The molecular formula is C8H19N2O2S+. The van der Waals surface area contributed by atoms with Crippen molar-refractivity contribution in [1.82, 2.24) is 5.48 Å². The van der Waals surface area contributed by atoms with Gasteiger partial charge < -0.3 is 4.48 Å². The van der Waals surface area contributed by atoms with Gasteiger partial charge in [0, 0.05) is 30.8 Å². The van der Waals surface area contributed by atoms with Gasteiger partial charge in [-0.2, -0.15) is 5.48 Å². The molecule has 0 heterocycles. The predicted molar refractivity (Wildman–Crippen MR) is 54.4 cm³/mol. The van der Waals surface area contributed by atoms with Gasteiger partial charge in [0.25, 0.3) is 0 Å². The van der Waals surface area contributed by atoms with Crippen molar-refractivity contribution in [2.75, 3.05) is 40.0 Å². The molecule has 0 atom stereocenters. The quantitative estimate of drug-likeness (QED) is 0.211. The summed E-state index contributed by atoms with van der Waals surface area (Å²) in [5.74, 6) is 0.389. The number of hydroxylamine groups is 1. The van der Waals surface area contributed by atoms with E-state index in [1.165, 1.54) is 0 Å². The summed E-state index contributed by atoms with van der Waals surface area (Å²) in [4.78, 5) is 4.61. The van der Waals surface area contributed by atoms with Crippen LogP contribution in [0.3, 0.4) is 0 Å². The summed E-state index contributed by atoms with van der Waals surface area (Å²) in [6.45, 7) is 7.03. The SMILES string of the molecule is [CH]CSOONCCC[N+](C)(C)C. The topological polar surface area (TPSA) is 30.5 Å². The van der Waals surface area contributed by atoms with Crippen LogP contribution in [-0.4, -0.2) is 44.5 Å². The van der Waals surface area contributed by atoms with Gasteiger partial charge in [0.1, 0.15) is 0 Å². The lowest BCUT2D eigenvalue weighted by atomic mass is 10.4. The third-order valence-electron chi connectivity index (χ3n) is 1.32. The van der Waals surface area contributed by atoms with E-state index in [0.29, 0.717) is 5.75 Å². The van der Waals surface area contributed by atoms with Crippen molar-refractivity contribution in [3.05, 3.63) is 6.92 Å². The fourth-order valence-corrected chi connectivity index (χ4v) is 0.895. The number of nitrogens with zero attached hydrogens (tertiary/aromatic N) is 1. The Balaban J connectivity index is 3.00. The first-order chi connectivity index (χ1) is 6.06. The van der Waals surface area contributed by atoms with Crippen LogP contribution in [0.15, 0.2) is 0 Å². The van der Waals surface area contributed by atoms with Crippen molar-refractivity contribution in [3.8, 4) is 0 Å². The fraction of sp³-hybridized carbons (Fsp3) is 0.875. The van der Waals surface area contributed by atoms with Gasteiger partial charge in [-0.25, -0.2) is 0 Å². The molecule has 0 unspecified atom stereocenters. The first-order valence-electron chi connectivity index (χ1n) is 4.25. The number of nitrogens with one attached hydrogen (secondary N) is 1. The molecule has 0 bridgehead atoms. The average molecular weight is 207 g/mol. The molecule has 0 aromatic heterocycles. The van der Waals surface area contributed by atoms with Crippen LogP contribution in [0.25, 0.3) is 0 Å². The van der Waals surface area contributed by atoms with E-state index < -0.39 is 0 Å². The molecule has 2 radical (unpaired) electrons. The molecule has 0 spiro atoms. The summed E-state index contributed by atoms with van der Waals surface area (Å²) in [6, 6.07) is 0. The molecule has 0 aromatic carbocycles. The molecule has 0 amide bonds. The first kappa shape index (κ1) is 13.2. The van der Waals surface area contributed by atoms with Gasteiger partial charge in [-0.1, -0.05) is 0 Å². The first-order valence-corrected chi connectivity index (χ1v) is 5.16. The molecule has 13 heavy (non-hydrogen) atoms. The lowest BCUT2D eigenvalue weighted by molar-refractivity contribution is -0.870. The van der Waals surface area contributed by atoms with Crippen molar-refractivity contribution < 1.29 is 13.8 Å². The van der Waals surface area contributed by atoms with Crippen molar-refractivity contribution in [3.63, 3.8) is 0 Å². The third-order valence-corrected chi connectivity index (χ3v) is 1.62. The zero-order valence-corrected chi connectivity index (χ0v) is 9.39. The van der Waals surface area contributed by atoms with E-state index in [0.717, 1.165) is 36.0 Å². The Morgan fingerprint density at radius 1 is 1.38 bits per heavy atom. The monoisotopic (exact) mass is 207 g/mol. The van der Waals surface area contributed by atoms with Crippen LogP contribution < -0.4 is 5.48 Å². The Hall–Kier alpha value is 0.190. The van der Waals surface area contributed by atoms with Crippen molar-refractivity contribution in [2.45, 2.75) is 6.42 Å². The molecule has 0 rings (SSSR count). The Labute approximate surface area is 85.3 Å². The minimum absolute atomic E-state index is 0.389. The summed E-state index contributed by atoms with van der Waals surface area (Å²) < 4.78 is 5.55. The normalized spacial score (nSPS) is 12.0. The van der Waals surface area contributed by atoms with Crippen LogP contribution in [0.5, 0.6) is 0 Å². The second-order valence-corrected chi connectivity index (χ2v) is 4.40. The van der Waals surface area contributed by atoms with Crippen LogP contribution in [0.2, 0.25) is 0 Å². The maximum absolute atomic E-state index is 5.15. The van der Waals surface area contributed by atoms with E-state index >= 15 is 0 Å². The Morgan fingerprint density at radius 3 is 2.62 bits per heavy atom. The minimum Gasteiger partial charge on any atom is -0.331 e. The molecule has 0 aliphatic rings. The van der Waals surface area contributed by atoms with Crippen LogP contribution in [0.4, 0.5) is 0 Å². The van der Waals surface area contributed by atoms with Crippen LogP contribution in [0.1, 0.15) is 6.42 Å². The van der Waals surface area contributed by atoms with Gasteiger partial charge in [-0.05, 0) is 6.92 Å². The van der Waals surface area contributed by atoms with Gasteiger partial charge in [0.05, 0.1) is 27.7 Å². The third kappa shape index (κ3) is 12.2. The molecule has 0 aliphatic carbocycles. The highest BCUT2D eigenvalue weighted by Gasteiger charge is 2.04. The Bertz CT molecular complexity index is 117. The maximum atomic E-state index is 5.15. The molecule has 0 saturated heterocycles. The lowest BCUT2D eigenvalue weighted by Gasteiger charge is -2.23. The second kappa shape index (κ2) is 7.58. The van der Waals surface area contributed by atoms with Crippen molar-refractivity contribution in [1.29, 1.82) is 0 Å². The summed E-state index contributed by atoms with van der Waals surface area (Å²) in [6.07, 6.45) is 1.04. The summed E-state index contributed by atoms with van der Waals surface area (Å²) in [5, 5.41) is 0. The number of quaternary nitrogens is 1. The van der Waals surface area contributed by atoms with E-state index in [9.17, 15) is 0 Å². The van der Waals surface area contributed by atoms with Gasteiger partial charge in [-0.3, -0.25) is 0 Å². The largest absolute Gasteiger partial charge is 0.331 e. The zero-order chi connectivity index (χ0) is 10.2. The summed E-state index contributed by atoms with van der Waals surface area (Å²) in [5.41, 5.74) is 2.68. The van der Waals surface area contributed by atoms with E-state index in [1.54, 1.807) is 0 Å². The summed E-state index contributed by atoms with van der Waals surface area (Å²) in [7, 11) is 6.46. The van der Waals surface area contributed by atoms with Crippen LogP contribution in [-0.2, 0) is 9.32 Å². The standard InChI is InChI=1S/C8H19N2O2S/c1-5-13-12-11-9-7-6-8-10(2,3)4/h1,9H,5-8H2,2-4H3/q+1. The highest BCUT2D eigenvalue weighted by atomic mass is 32.2. The molecule has 0 aromatic rings. The fourth-order valence-electron chi connectivity index (χ4n) is 0.743. The predicted octanol–water partition coefficient (Wildman–Crippen LogP) is 0.895. The highest BCUT2D eigenvalue weighted by Crippen LogP contribution is 1.98. The van der Waals surface area contributed by atoms with Crippen molar-refractivity contribution in [2.24, 2.45) is 0 Å². The number of hydrogen-bond acceptors (Lipinski definition) is 4. The molecule has 0 saturated carbocycles. The maximum Gasteiger partial charge on any atom is 0.0793 e. The molecular weight excluding hydrogens is 188 g/mol. The minimum atomic E-state index is 0.389. The van der Waals surface area contributed by atoms with E-state index in [4.69, 9.17) is 6.92 Å². The zero-order valence-electron chi connectivity index (χ0n) is 8.58. The van der Waals surface area contributed by atoms with Gasteiger partial charge in [-0.15, -0.1) is 9.32 Å². The Morgan fingerprint density at radius 2 is 2.08 bits per heavy atom. The molecule has 78 valence electrons. The lowest BCUT2D eigenvalue weighted by Crippen LogP contribution is -2.36. The van der Waals surface area contributed by atoms with E-state index in [-0.39, 0.29) is 0 Å². The van der Waals surface area contributed by atoms with Gasteiger partial charge >= 0.3 is 0 Å². The molecule has 0 fully saturated rings. The van der Waals surface area contributed by atoms with Crippen molar-refractivity contribution >= 4 is 12.0 Å². The van der Waals surface area contributed by atoms with Gasteiger partial charge in [0.15, 0.2) is 0 Å². The molecule has 5 heteroatoms. The summed E-state index contributed by atoms with van der Waals surface area (Å²) >= 11 is 1.06. The smallest absolute Gasteiger partial charge is 0.0793 e. The van der Waals surface area contributed by atoms with Crippen LogP contribution in [0, 0.1) is 6.92 Å². The molecule has 1 N–H and O–H groups in total.